The molecule has 0 aliphatic heterocycles. The maximum atomic E-state index is 12.8. The lowest BCUT2D eigenvalue weighted by Gasteiger charge is -2.13. The van der Waals surface area contributed by atoms with E-state index in [0.29, 0.717) is 17.7 Å². The number of aryl methyl sites for hydroxylation is 2. The zero-order valence-corrected chi connectivity index (χ0v) is 16.1. The molecule has 0 atom stereocenters. The number of thioether (sulfide) groups is 1. The van der Waals surface area contributed by atoms with E-state index in [-0.39, 0.29) is 12.2 Å². The van der Waals surface area contributed by atoms with E-state index >= 15 is 0 Å². The lowest BCUT2D eigenvalue weighted by Crippen LogP contribution is -2.22. The Kier molecular flexibility index (Phi) is 5.93. The number of nitrogens with zero attached hydrogens (tertiary/aromatic N) is 2. The van der Waals surface area contributed by atoms with Crippen molar-refractivity contribution >= 4 is 33.3 Å². The van der Waals surface area contributed by atoms with Crippen LogP contribution in [0.2, 0.25) is 0 Å². The summed E-state index contributed by atoms with van der Waals surface area (Å²) < 4.78 is 2.48. The summed E-state index contributed by atoms with van der Waals surface area (Å²) >= 11 is 3.05. The molecule has 132 valence electrons. The van der Waals surface area contributed by atoms with Gasteiger partial charge in [0.1, 0.15) is 4.70 Å². The molecule has 0 saturated heterocycles. The Bertz CT molecular complexity index is 931. The maximum absolute atomic E-state index is 12.8. The van der Waals surface area contributed by atoms with Crippen LogP contribution in [0.25, 0.3) is 10.2 Å². The minimum atomic E-state index is 0.0291. The molecule has 0 aliphatic rings. The Morgan fingerprint density at radius 1 is 1.24 bits per heavy atom. The van der Waals surface area contributed by atoms with Gasteiger partial charge in [-0.15, -0.1) is 11.3 Å². The van der Waals surface area contributed by atoms with Crippen molar-refractivity contribution in [2.24, 2.45) is 0 Å². The zero-order chi connectivity index (χ0) is 17.8. The Balaban J connectivity index is 1.91. The first-order chi connectivity index (χ1) is 12.1. The number of hydrogen-bond acceptors (Lipinski definition) is 5. The molecule has 25 heavy (non-hydrogen) atoms. The van der Waals surface area contributed by atoms with Gasteiger partial charge in [0.15, 0.2) is 5.16 Å². The van der Waals surface area contributed by atoms with Crippen LogP contribution in [0.15, 0.2) is 39.6 Å². The molecule has 0 fully saturated rings. The Morgan fingerprint density at radius 2 is 2.08 bits per heavy atom. The summed E-state index contributed by atoms with van der Waals surface area (Å²) in [4.78, 5) is 17.5. The van der Waals surface area contributed by atoms with Gasteiger partial charge in [-0.25, -0.2) is 4.98 Å². The molecule has 2 aromatic heterocycles. The van der Waals surface area contributed by atoms with Crippen molar-refractivity contribution < 1.29 is 5.11 Å². The number of aliphatic hydroxyl groups is 1. The van der Waals surface area contributed by atoms with Crippen molar-refractivity contribution in [2.75, 3.05) is 6.61 Å². The highest BCUT2D eigenvalue weighted by atomic mass is 32.2. The SMILES string of the molecule is Cc1ccc(C)c(CSc2nc3ccsc3c(=O)n2CCCCO)c1. The summed E-state index contributed by atoms with van der Waals surface area (Å²) in [5.74, 6) is 0.787. The van der Waals surface area contributed by atoms with Crippen molar-refractivity contribution in [2.45, 2.75) is 44.1 Å². The molecule has 0 amide bonds. The van der Waals surface area contributed by atoms with Gasteiger partial charge in [-0.2, -0.15) is 0 Å². The highest BCUT2D eigenvalue weighted by Gasteiger charge is 2.13. The van der Waals surface area contributed by atoms with Crippen molar-refractivity contribution in [3.63, 3.8) is 0 Å². The summed E-state index contributed by atoms with van der Waals surface area (Å²) in [6.45, 7) is 4.94. The Morgan fingerprint density at radius 3 is 2.88 bits per heavy atom. The lowest BCUT2D eigenvalue weighted by atomic mass is 10.1. The van der Waals surface area contributed by atoms with Gasteiger partial charge in [0.2, 0.25) is 0 Å². The van der Waals surface area contributed by atoms with Crippen molar-refractivity contribution in [3.8, 4) is 0 Å². The molecular formula is C19H22N2O2S2. The summed E-state index contributed by atoms with van der Waals surface area (Å²) in [5, 5.41) is 11.7. The molecular weight excluding hydrogens is 352 g/mol. The van der Waals surface area contributed by atoms with E-state index in [9.17, 15) is 4.79 Å². The van der Waals surface area contributed by atoms with Gasteiger partial charge in [0, 0.05) is 18.9 Å². The average Bonchev–Trinajstić information content (AvgIpc) is 3.07. The number of unbranched alkanes of at least 4 members (excludes halogenated alkanes) is 1. The highest BCUT2D eigenvalue weighted by molar-refractivity contribution is 7.98. The molecule has 4 nitrogen and oxygen atoms in total. The monoisotopic (exact) mass is 374 g/mol. The van der Waals surface area contributed by atoms with Crippen LogP contribution in [0.1, 0.15) is 29.5 Å². The predicted molar refractivity (Wildman–Crippen MR) is 106 cm³/mol. The minimum absolute atomic E-state index is 0.0291. The molecule has 2 heterocycles. The topological polar surface area (TPSA) is 55.1 Å². The number of aromatic nitrogens is 2. The molecule has 3 aromatic rings. The summed E-state index contributed by atoms with van der Waals surface area (Å²) in [7, 11) is 0. The number of aliphatic hydroxyl groups excluding tert-OH is 1. The largest absolute Gasteiger partial charge is 0.396 e. The van der Waals surface area contributed by atoms with Crippen LogP contribution in [0.5, 0.6) is 0 Å². The first-order valence-corrected chi connectivity index (χ1v) is 10.2. The first kappa shape index (κ1) is 18.2. The number of rotatable bonds is 7. The van der Waals surface area contributed by atoms with Crippen molar-refractivity contribution in [3.05, 3.63) is 56.7 Å². The number of hydrogen-bond donors (Lipinski definition) is 1. The number of thiophene rings is 1. The van der Waals surface area contributed by atoms with Gasteiger partial charge in [0.05, 0.1) is 5.52 Å². The lowest BCUT2D eigenvalue weighted by molar-refractivity contribution is 0.280. The van der Waals surface area contributed by atoms with E-state index < -0.39 is 0 Å². The van der Waals surface area contributed by atoms with Gasteiger partial charge in [-0.1, -0.05) is 35.5 Å². The second-order valence-electron chi connectivity index (χ2n) is 6.14. The molecule has 0 spiro atoms. The van der Waals surface area contributed by atoms with Crippen molar-refractivity contribution in [1.29, 1.82) is 0 Å². The van der Waals surface area contributed by atoms with E-state index in [0.717, 1.165) is 22.8 Å². The third kappa shape index (κ3) is 4.14. The van der Waals surface area contributed by atoms with Crippen LogP contribution in [-0.2, 0) is 12.3 Å². The quantitative estimate of drug-likeness (QED) is 0.384. The molecule has 6 heteroatoms. The van der Waals surface area contributed by atoms with Gasteiger partial charge in [-0.3, -0.25) is 9.36 Å². The molecule has 1 aromatic carbocycles. The van der Waals surface area contributed by atoms with Crippen LogP contribution in [0.4, 0.5) is 0 Å². The fourth-order valence-corrected chi connectivity index (χ4v) is 4.58. The van der Waals surface area contributed by atoms with E-state index in [4.69, 9.17) is 10.1 Å². The first-order valence-electron chi connectivity index (χ1n) is 8.38. The molecule has 0 bridgehead atoms. The van der Waals surface area contributed by atoms with Crippen LogP contribution in [0, 0.1) is 13.8 Å². The third-order valence-electron chi connectivity index (χ3n) is 4.18. The predicted octanol–water partition coefficient (Wildman–Crippen LogP) is 4.14. The molecule has 3 rings (SSSR count). The van der Waals surface area contributed by atoms with E-state index in [1.54, 1.807) is 16.3 Å². The molecule has 0 aliphatic carbocycles. The Labute approximate surface area is 155 Å². The maximum Gasteiger partial charge on any atom is 0.272 e. The van der Waals surface area contributed by atoms with Gasteiger partial charge in [-0.05, 0) is 49.3 Å². The van der Waals surface area contributed by atoms with Crippen LogP contribution in [-0.4, -0.2) is 21.3 Å². The van der Waals surface area contributed by atoms with E-state index in [2.05, 4.69) is 32.0 Å². The highest BCUT2D eigenvalue weighted by Crippen LogP contribution is 2.26. The summed E-state index contributed by atoms with van der Waals surface area (Å²) in [6.07, 6.45) is 1.46. The minimum Gasteiger partial charge on any atom is -0.396 e. The molecule has 0 saturated carbocycles. The summed E-state index contributed by atoms with van der Waals surface area (Å²) in [5.41, 5.74) is 4.57. The van der Waals surface area contributed by atoms with Gasteiger partial charge >= 0.3 is 0 Å². The average molecular weight is 375 g/mol. The fourth-order valence-electron chi connectivity index (χ4n) is 2.71. The standard InChI is InChI=1S/C19H22N2O2S2/c1-13-5-6-14(2)15(11-13)12-25-19-20-16-7-10-24-17(16)18(23)21(19)8-3-4-9-22/h5-7,10-11,22H,3-4,8-9,12H2,1-2H3. The number of fused-ring (bicyclic) bond motifs is 1. The summed E-state index contributed by atoms with van der Waals surface area (Å²) in [6, 6.07) is 8.35. The number of benzene rings is 1. The van der Waals surface area contributed by atoms with Crippen LogP contribution < -0.4 is 5.56 Å². The van der Waals surface area contributed by atoms with Gasteiger partial charge < -0.3 is 5.11 Å². The second-order valence-corrected chi connectivity index (χ2v) is 7.99. The second kappa shape index (κ2) is 8.17. The fraction of sp³-hybridized carbons (Fsp3) is 0.368. The van der Waals surface area contributed by atoms with Gasteiger partial charge in [0.25, 0.3) is 5.56 Å². The normalized spacial score (nSPS) is 11.3. The van der Waals surface area contributed by atoms with E-state index in [1.807, 2.05) is 11.4 Å². The molecule has 0 unspecified atom stereocenters. The zero-order valence-electron chi connectivity index (χ0n) is 14.5. The molecule has 0 radical (unpaired) electrons. The van der Waals surface area contributed by atoms with E-state index in [1.165, 1.54) is 28.0 Å². The van der Waals surface area contributed by atoms with Crippen molar-refractivity contribution in [1.82, 2.24) is 9.55 Å². The molecule has 1 N–H and O–H groups in total. The van der Waals surface area contributed by atoms with Crippen LogP contribution in [0.3, 0.4) is 0 Å². The third-order valence-corrected chi connectivity index (χ3v) is 6.10. The smallest absolute Gasteiger partial charge is 0.272 e. The van der Waals surface area contributed by atoms with Crippen LogP contribution >= 0.6 is 23.1 Å². The Hall–Kier alpha value is -1.63.